The molecule has 1 aromatic carbocycles. The van der Waals surface area contributed by atoms with Crippen LogP contribution in [0.5, 0.6) is 5.88 Å². The van der Waals surface area contributed by atoms with E-state index >= 15 is 0 Å². The zero-order valence-electron chi connectivity index (χ0n) is 23.7. The minimum atomic E-state index is -3.91. The summed E-state index contributed by atoms with van der Waals surface area (Å²) in [6.45, 7) is 10.9. The van der Waals surface area contributed by atoms with E-state index in [1.54, 1.807) is 33.0 Å². The first kappa shape index (κ1) is 28.8. The Labute approximate surface area is 239 Å². The fourth-order valence-corrected chi connectivity index (χ4v) is 6.37. The lowest BCUT2D eigenvalue weighted by molar-refractivity contribution is -0.133. The van der Waals surface area contributed by atoms with E-state index in [0.717, 1.165) is 21.2 Å². The Morgan fingerprint density at radius 1 is 1.17 bits per heavy atom. The van der Waals surface area contributed by atoms with Crippen LogP contribution in [0.1, 0.15) is 52.0 Å². The maximum Gasteiger partial charge on any atom is 0.411 e. The number of rotatable bonds is 7. The van der Waals surface area contributed by atoms with Gasteiger partial charge in [0.1, 0.15) is 17.7 Å². The quantitative estimate of drug-likeness (QED) is 0.484. The van der Waals surface area contributed by atoms with Crippen LogP contribution in [-0.4, -0.2) is 76.8 Å². The lowest BCUT2D eigenvalue weighted by Crippen LogP contribution is -2.55. The second-order valence-corrected chi connectivity index (χ2v) is 14.0. The summed E-state index contributed by atoms with van der Waals surface area (Å²) in [7, 11) is -3.91. The number of fused-ring (bicyclic) bond motifs is 1. The van der Waals surface area contributed by atoms with E-state index in [4.69, 9.17) is 9.47 Å². The number of nitrogens with zero attached hydrogens (tertiary/aromatic N) is 3. The van der Waals surface area contributed by atoms with Gasteiger partial charge in [0.25, 0.3) is 5.91 Å². The van der Waals surface area contributed by atoms with Gasteiger partial charge in [-0.1, -0.05) is 23.8 Å². The van der Waals surface area contributed by atoms with E-state index < -0.39 is 57.1 Å². The van der Waals surface area contributed by atoms with E-state index in [9.17, 15) is 22.8 Å². The van der Waals surface area contributed by atoms with Gasteiger partial charge >= 0.3 is 12.1 Å². The third-order valence-electron chi connectivity index (χ3n) is 7.43. The van der Waals surface area contributed by atoms with Crippen molar-refractivity contribution in [2.75, 3.05) is 6.54 Å². The molecule has 4 unspecified atom stereocenters. The van der Waals surface area contributed by atoms with Crippen LogP contribution < -0.4 is 9.46 Å². The maximum atomic E-state index is 14.1. The van der Waals surface area contributed by atoms with Crippen LogP contribution >= 0.6 is 0 Å². The monoisotopic (exact) mass is 584 g/mol. The number of aromatic nitrogens is 1. The van der Waals surface area contributed by atoms with Crippen molar-refractivity contribution in [2.24, 2.45) is 5.92 Å². The van der Waals surface area contributed by atoms with Gasteiger partial charge < -0.3 is 9.47 Å². The number of nitrogens with one attached hydrogen (secondary N) is 1. The van der Waals surface area contributed by atoms with Gasteiger partial charge in [0.05, 0.1) is 11.8 Å². The number of amides is 4. The predicted molar refractivity (Wildman–Crippen MR) is 152 cm³/mol. The molecular formula is C29H36N4O7S. The van der Waals surface area contributed by atoms with Crippen LogP contribution in [-0.2, 0) is 19.6 Å². The second-order valence-electron chi connectivity index (χ2n) is 12.0. The highest BCUT2D eigenvalue weighted by Gasteiger charge is 2.52. The highest BCUT2D eigenvalue weighted by Crippen LogP contribution is 2.39. The number of imide groups is 1. The van der Waals surface area contributed by atoms with E-state index in [2.05, 4.69) is 16.3 Å². The molecule has 2 heterocycles. The zero-order valence-corrected chi connectivity index (χ0v) is 24.5. The molecule has 2 saturated carbocycles. The first-order chi connectivity index (χ1) is 19.3. The first-order valence-corrected chi connectivity index (χ1v) is 15.3. The summed E-state index contributed by atoms with van der Waals surface area (Å²) in [6.07, 6.45) is 3.35. The van der Waals surface area contributed by atoms with Crippen LogP contribution in [0.25, 0.3) is 10.8 Å². The number of urea groups is 1. The van der Waals surface area contributed by atoms with Crippen LogP contribution in [0.3, 0.4) is 0 Å². The van der Waals surface area contributed by atoms with Crippen molar-refractivity contribution < 1.29 is 32.3 Å². The topological polar surface area (TPSA) is 135 Å². The van der Waals surface area contributed by atoms with Crippen molar-refractivity contribution in [3.05, 3.63) is 48.7 Å². The Kier molecular flexibility index (Phi) is 7.47. The molecule has 1 saturated heterocycles. The standard InChI is InChI=1S/C29H36N4O7S/c1-6-18-14-23(18)33(27(35)31-41(37,38)21-9-10-21)26(34)24-15-20(16-32(24)28(36)40-29(3,4)5)39-25-22-13-17(2)7-8-19(22)11-12-30-25/h6-8,11-13,18,20-21,23-24H,1,9-10,14-16H2,2-5H3,(H,31,35). The number of aryl methyl sites for hydroxylation is 1. The smallest absolute Gasteiger partial charge is 0.411 e. The van der Waals surface area contributed by atoms with Crippen molar-refractivity contribution in [3.63, 3.8) is 0 Å². The number of hydrogen-bond donors (Lipinski definition) is 1. The van der Waals surface area contributed by atoms with Crippen molar-refractivity contribution in [1.82, 2.24) is 19.5 Å². The summed E-state index contributed by atoms with van der Waals surface area (Å²) < 4.78 is 39.1. The molecule has 0 spiro atoms. The summed E-state index contributed by atoms with van der Waals surface area (Å²) in [6, 6.07) is 5.08. The van der Waals surface area contributed by atoms with Gasteiger partial charge in [-0.2, -0.15) is 0 Å². The van der Waals surface area contributed by atoms with Gasteiger partial charge in [-0.15, -0.1) is 6.58 Å². The highest BCUT2D eigenvalue weighted by atomic mass is 32.2. The van der Waals surface area contributed by atoms with Crippen molar-refractivity contribution in [2.45, 2.75) is 82.4 Å². The zero-order chi connectivity index (χ0) is 29.7. The van der Waals surface area contributed by atoms with Crippen LogP contribution in [0, 0.1) is 12.8 Å². The summed E-state index contributed by atoms with van der Waals surface area (Å²) in [5.74, 6) is -0.492. The molecular weight excluding hydrogens is 548 g/mol. The maximum absolute atomic E-state index is 14.1. The minimum absolute atomic E-state index is 0.0145. The molecule has 4 amide bonds. The number of carbonyl (C=O) groups is 3. The fraction of sp³-hybridized carbons (Fsp3) is 0.517. The summed E-state index contributed by atoms with van der Waals surface area (Å²) >= 11 is 0. The summed E-state index contributed by atoms with van der Waals surface area (Å²) in [5.41, 5.74) is 0.187. The van der Waals surface area contributed by atoms with Crippen molar-refractivity contribution >= 4 is 38.8 Å². The molecule has 0 radical (unpaired) electrons. The van der Waals surface area contributed by atoms with Crippen LogP contribution in [0.15, 0.2) is 43.1 Å². The Morgan fingerprint density at radius 2 is 1.90 bits per heavy atom. The molecule has 2 aliphatic carbocycles. The average Bonchev–Trinajstić information content (AvgIpc) is 3.81. The van der Waals surface area contributed by atoms with Crippen molar-refractivity contribution in [3.8, 4) is 5.88 Å². The highest BCUT2D eigenvalue weighted by molar-refractivity contribution is 7.90. The number of ether oxygens (including phenoxy) is 2. The summed E-state index contributed by atoms with van der Waals surface area (Å²) in [4.78, 5) is 47.3. The molecule has 11 nitrogen and oxygen atoms in total. The summed E-state index contributed by atoms with van der Waals surface area (Å²) in [5, 5.41) is 1.08. The van der Waals surface area contributed by atoms with Gasteiger partial charge in [0, 0.05) is 24.0 Å². The fourth-order valence-electron chi connectivity index (χ4n) is 5.10. The SMILES string of the molecule is C=CC1CC1N(C(=O)NS(=O)(=O)C1CC1)C(=O)C1CC(Oc2nccc3ccc(C)cc23)CN1C(=O)OC(C)(C)C. The predicted octanol–water partition coefficient (Wildman–Crippen LogP) is 3.90. The van der Waals surface area contributed by atoms with Gasteiger partial charge in [-0.05, 0) is 70.4 Å². The molecule has 220 valence electrons. The molecule has 5 rings (SSSR count). The van der Waals surface area contributed by atoms with Crippen LogP contribution in [0.4, 0.5) is 9.59 Å². The Bertz CT molecular complexity index is 1500. The Hall–Kier alpha value is -3.67. The minimum Gasteiger partial charge on any atom is -0.472 e. The number of pyridine rings is 1. The second kappa shape index (κ2) is 10.6. The first-order valence-electron chi connectivity index (χ1n) is 13.8. The lowest BCUT2D eigenvalue weighted by Gasteiger charge is -2.30. The van der Waals surface area contributed by atoms with E-state index in [0.29, 0.717) is 25.1 Å². The number of carbonyl (C=O) groups excluding carboxylic acids is 3. The molecule has 3 fully saturated rings. The number of sulfonamides is 1. The normalized spacial score (nSPS) is 24.0. The molecule has 2 aromatic rings. The molecule has 4 atom stereocenters. The number of hydrogen-bond acceptors (Lipinski definition) is 8. The molecule has 1 aliphatic heterocycles. The number of benzene rings is 1. The molecule has 3 aliphatic rings. The molecule has 1 N–H and O–H groups in total. The van der Waals surface area contributed by atoms with Gasteiger partial charge in [-0.25, -0.2) is 27.7 Å². The van der Waals surface area contributed by atoms with Gasteiger partial charge in [0.15, 0.2) is 0 Å². The van der Waals surface area contributed by atoms with Gasteiger partial charge in [0.2, 0.25) is 15.9 Å². The Morgan fingerprint density at radius 3 is 2.54 bits per heavy atom. The van der Waals surface area contributed by atoms with Crippen LogP contribution in [0.2, 0.25) is 0 Å². The largest absolute Gasteiger partial charge is 0.472 e. The molecule has 0 bridgehead atoms. The van der Waals surface area contributed by atoms with E-state index in [1.165, 1.54) is 4.90 Å². The third kappa shape index (κ3) is 6.32. The van der Waals surface area contributed by atoms with E-state index in [1.807, 2.05) is 31.2 Å². The molecule has 41 heavy (non-hydrogen) atoms. The van der Waals surface area contributed by atoms with Gasteiger partial charge in [-0.3, -0.25) is 14.6 Å². The van der Waals surface area contributed by atoms with Crippen molar-refractivity contribution in [1.29, 1.82) is 0 Å². The molecule has 12 heteroatoms. The van der Waals surface area contributed by atoms with E-state index in [-0.39, 0.29) is 18.9 Å². The Balaban J connectivity index is 1.43. The number of likely N-dealkylation sites (tertiary alicyclic amines) is 1. The lowest BCUT2D eigenvalue weighted by atomic mass is 10.1. The molecule has 1 aromatic heterocycles. The third-order valence-corrected chi connectivity index (χ3v) is 9.24. The average molecular weight is 585 g/mol.